The molecule has 1 fully saturated rings. The summed E-state index contributed by atoms with van der Waals surface area (Å²) in [5, 5.41) is 2.17. The lowest BCUT2D eigenvalue weighted by Crippen LogP contribution is -2.54. The lowest BCUT2D eigenvalue weighted by atomic mass is 9.86. The van der Waals surface area contributed by atoms with E-state index in [-0.39, 0.29) is 0 Å². The molecule has 1 aliphatic rings. The number of hydrogen-bond donors (Lipinski definition) is 1. The summed E-state index contributed by atoms with van der Waals surface area (Å²) in [4.78, 5) is 4.13. The molecule has 1 aromatic heterocycles. The Kier molecular flexibility index (Phi) is 4.23. The van der Waals surface area contributed by atoms with Crippen LogP contribution in [0.4, 0.5) is 0 Å². The van der Waals surface area contributed by atoms with Crippen LogP contribution in [-0.4, -0.2) is 29.6 Å². The Hall–Kier alpha value is -0.380. The predicted octanol–water partition coefficient (Wildman–Crippen LogP) is 2.74. The van der Waals surface area contributed by atoms with Crippen LogP contribution in [0.15, 0.2) is 17.5 Å². The molecule has 17 heavy (non-hydrogen) atoms. The first kappa shape index (κ1) is 13.1. The maximum atomic E-state index is 6.14. The Bertz CT molecular complexity index is 336. The molecular weight excluding hydrogens is 228 g/mol. The Morgan fingerprint density at radius 1 is 1.53 bits per heavy atom. The van der Waals surface area contributed by atoms with Crippen LogP contribution in [0.5, 0.6) is 0 Å². The molecule has 1 aromatic rings. The summed E-state index contributed by atoms with van der Waals surface area (Å²) < 4.78 is 0. The Morgan fingerprint density at radius 2 is 2.29 bits per heavy atom. The minimum absolute atomic E-state index is 0.384. The predicted molar refractivity (Wildman–Crippen MR) is 75.4 cm³/mol. The Balaban J connectivity index is 1.97. The van der Waals surface area contributed by atoms with Gasteiger partial charge >= 0.3 is 0 Å². The van der Waals surface area contributed by atoms with Gasteiger partial charge in [-0.25, -0.2) is 0 Å². The van der Waals surface area contributed by atoms with E-state index in [9.17, 15) is 0 Å². The second-order valence-electron chi connectivity index (χ2n) is 5.42. The van der Waals surface area contributed by atoms with Crippen molar-refractivity contribution in [1.82, 2.24) is 4.90 Å². The standard InChI is InChI=1S/C14H24N2S/c1-10(9-13-5-4-8-17-13)16-7-6-14(15)11(2)12(16)3/h4-5,8,10-12,14H,6-7,9,15H2,1-3H3. The smallest absolute Gasteiger partial charge is 0.0118 e. The van der Waals surface area contributed by atoms with Crippen molar-refractivity contribution in [2.75, 3.05) is 6.54 Å². The fraction of sp³-hybridized carbons (Fsp3) is 0.714. The number of nitrogens with two attached hydrogens (primary N) is 1. The number of rotatable bonds is 3. The van der Waals surface area contributed by atoms with Gasteiger partial charge in [0.2, 0.25) is 0 Å². The van der Waals surface area contributed by atoms with E-state index in [2.05, 4.69) is 43.2 Å². The van der Waals surface area contributed by atoms with Gasteiger partial charge in [0.25, 0.3) is 0 Å². The molecule has 4 unspecified atom stereocenters. The Labute approximate surface area is 109 Å². The van der Waals surface area contributed by atoms with Gasteiger partial charge in [-0.05, 0) is 44.1 Å². The second-order valence-corrected chi connectivity index (χ2v) is 6.45. The van der Waals surface area contributed by atoms with Gasteiger partial charge in [-0.1, -0.05) is 13.0 Å². The van der Waals surface area contributed by atoms with Crippen LogP contribution in [0.1, 0.15) is 32.1 Å². The molecule has 0 radical (unpaired) electrons. The second kappa shape index (κ2) is 5.51. The maximum absolute atomic E-state index is 6.14. The van der Waals surface area contributed by atoms with Crippen molar-refractivity contribution in [3.05, 3.63) is 22.4 Å². The first-order valence-electron chi connectivity index (χ1n) is 6.63. The van der Waals surface area contributed by atoms with E-state index in [1.54, 1.807) is 0 Å². The van der Waals surface area contributed by atoms with Gasteiger partial charge < -0.3 is 5.73 Å². The highest BCUT2D eigenvalue weighted by Gasteiger charge is 2.32. The molecule has 0 spiro atoms. The van der Waals surface area contributed by atoms with Crippen molar-refractivity contribution >= 4 is 11.3 Å². The molecule has 1 saturated heterocycles. The molecule has 0 aliphatic carbocycles. The van der Waals surface area contributed by atoms with Gasteiger partial charge in [-0.3, -0.25) is 4.90 Å². The zero-order valence-electron chi connectivity index (χ0n) is 11.1. The van der Waals surface area contributed by atoms with Gasteiger partial charge in [-0.15, -0.1) is 11.3 Å². The van der Waals surface area contributed by atoms with Gasteiger partial charge in [-0.2, -0.15) is 0 Å². The zero-order chi connectivity index (χ0) is 12.4. The molecule has 96 valence electrons. The van der Waals surface area contributed by atoms with Crippen LogP contribution >= 0.6 is 11.3 Å². The van der Waals surface area contributed by atoms with Crippen molar-refractivity contribution < 1.29 is 0 Å². The fourth-order valence-corrected chi connectivity index (χ4v) is 3.71. The molecule has 0 bridgehead atoms. The summed E-state index contributed by atoms with van der Waals surface area (Å²) >= 11 is 1.87. The SMILES string of the molecule is CC1C(N)CCN(C(C)Cc2cccs2)C1C. The third-order valence-electron chi connectivity index (χ3n) is 4.32. The van der Waals surface area contributed by atoms with Crippen LogP contribution in [0.3, 0.4) is 0 Å². The molecular formula is C14H24N2S. The molecule has 2 nitrogen and oxygen atoms in total. The topological polar surface area (TPSA) is 29.3 Å². The first-order chi connectivity index (χ1) is 8.09. The van der Waals surface area contributed by atoms with Gasteiger partial charge in [0.1, 0.15) is 0 Å². The van der Waals surface area contributed by atoms with E-state index in [0.717, 1.165) is 13.0 Å². The van der Waals surface area contributed by atoms with Crippen LogP contribution < -0.4 is 5.73 Å². The van der Waals surface area contributed by atoms with Gasteiger partial charge in [0.05, 0.1) is 0 Å². The number of hydrogen-bond acceptors (Lipinski definition) is 3. The van der Waals surface area contributed by atoms with Crippen molar-refractivity contribution in [1.29, 1.82) is 0 Å². The molecule has 0 saturated carbocycles. The van der Waals surface area contributed by atoms with E-state index >= 15 is 0 Å². The summed E-state index contributed by atoms with van der Waals surface area (Å²) in [6.07, 6.45) is 2.31. The van der Waals surface area contributed by atoms with E-state index < -0.39 is 0 Å². The average Bonchev–Trinajstić information content (AvgIpc) is 2.78. The van der Waals surface area contributed by atoms with Crippen LogP contribution in [-0.2, 0) is 6.42 Å². The van der Waals surface area contributed by atoms with E-state index in [1.165, 1.54) is 11.3 Å². The highest BCUT2D eigenvalue weighted by Crippen LogP contribution is 2.26. The minimum atomic E-state index is 0.384. The molecule has 2 rings (SSSR count). The van der Waals surface area contributed by atoms with Crippen molar-refractivity contribution in [2.45, 2.75) is 51.7 Å². The number of thiophene rings is 1. The zero-order valence-corrected chi connectivity index (χ0v) is 11.9. The number of nitrogens with zero attached hydrogens (tertiary/aromatic N) is 1. The third kappa shape index (κ3) is 2.90. The van der Waals surface area contributed by atoms with Crippen LogP contribution in [0.25, 0.3) is 0 Å². The van der Waals surface area contributed by atoms with Gasteiger partial charge in [0, 0.05) is 29.5 Å². The normalized spacial score (nSPS) is 32.6. The van der Waals surface area contributed by atoms with Crippen molar-refractivity contribution in [3.63, 3.8) is 0 Å². The number of piperidine rings is 1. The summed E-state index contributed by atoms with van der Waals surface area (Å²) in [6, 6.07) is 6.00. The van der Waals surface area contributed by atoms with E-state index in [0.29, 0.717) is 24.0 Å². The molecule has 2 N–H and O–H groups in total. The largest absolute Gasteiger partial charge is 0.327 e. The van der Waals surface area contributed by atoms with Crippen LogP contribution in [0, 0.1) is 5.92 Å². The van der Waals surface area contributed by atoms with Gasteiger partial charge in [0.15, 0.2) is 0 Å². The van der Waals surface area contributed by atoms with Crippen LogP contribution in [0.2, 0.25) is 0 Å². The maximum Gasteiger partial charge on any atom is 0.0118 e. The lowest BCUT2D eigenvalue weighted by molar-refractivity contribution is 0.0633. The average molecular weight is 252 g/mol. The van der Waals surface area contributed by atoms with Crippen molar-refractivity contribution in [2.24, 2.45) is 11.7 Å². The minimum Gasteiger partial charge on any atom is -0.327 e. The highest BCUT2D eigenvalue weighted by molar-refractivity contribution is 7.09. The fourth-order valence-electron chi connectivity index (χ4n) is 2.88. The summed E-state index contributed by atoms with van der Waals surface area (Å²) in [5.74, 6) is 0.606. The number of likely N-dealkylation sites (tertiary alicyclic amines) is 1. The molecule has 0 amide bonds. The summed E-state index contributed by atoms with van der Waals surface area (Å²) in [6.45, 7) is 8.12. The summed E-state index contributed by atoms with van der Waals surface area (Å²) in [5.41, 5.74) is 6.14. The molecule has 1 aliphatic heterocycles. The third-order valence-corrected chi connectivity index (χ3v) is 5.22. The lowest BCUT2D eigenvalue weighted by Gasteiger charge is -2.44. The Morgan fingerprint density at radius 3 is 2.94 bits per heavy atom. The van der Waals surface area contributed by atoms with E-state index in [1.807, 2.05) is 11.3 Å². The van der Waals surface area contributed by atoms with E-state index in [4.69, 9.17) is 5.73 Å². The highest BCUT2D eigenvalue weighted by atomic mass is 32.1. The molecule has 4 atom stereocenters. The quantitative estimate of drug-likeness (QED) is 0.896. The monoisotopic (exact) mass is 252 g/mol. The molecule has 2 heterocycles. The first-order valence-corrected chi connectivity index (χ1v) is 7.51. The molecule has 0 aromatic carbocycles. The summed E-state index contributed by atoms with van der Waals surface area (Å²) in [7, 11) is 0. The molecule has 3 heteroatoms. The van der Waals surface area contributed by atoms with Crippen molar-refractivity contribution in [3.8, 4) is 0 Å².